The van der Waals surface area contributed by atoms with Crippen LogP contribution in [0.3, 0.4) is 0 Å². The van der Waals surface area contributed by atoms with Gasteiger partial charge in [0.2, 0.25) is 5.13 Å². The van der Waals surface area contributed by atoms with E-state index in [2.05, 4.69) is 16.2 Å². The van der Waals surface area contributed by atoms with Crippen LogP contribution in [0.25, 0.3) is 10.2 Å². The van der Waals surface area contributed by atoms with Crippen molar-refractivity contribution in [1.29, 1.82) is 0 Å². The van der Waals surface area contributed by atoms with Crippen LogP contribution in [0.4, 0.5) is 5.13 Å². The van der Waals surface area contributed by atoms with Gasteiger partial charge in [-0.15, -0.1) is 0 Å². The van der Waals surface area contributed by atoms with E-state index in [4.69, 9.17) is 4.42 Å². The molecule has 0 bridgehead atoms. The molecule has 2 aromatic carbocycles. The number of hydrogen-bond acceptors (Lipinski definition) is 5. The van der Waals surface area contributed by atoms with E-state index in [1.54, 1.807) is 30.5 Å². The molecule has 26 heavy (non-hydrogen) atoms. The molecule has 0 aliphatic carbocycles. The zero-order valence-electron chi connectivity index (χ0n) is 14.0. The van der Waals surface area contributed by atoms with Crippen LogP contribution in [-0.2, 0) is 0 Å². The number of furan rings is 1. The van der Waals surface area contributed by atoms with Crippen molar-refractivity contribution in [3.05, 3.63) is 83.8 Å². The summed E-state index contributed by atoms with van der Waals surface area (Å²) in [5, 5.41) is 6.18. The number of benzene rings is 2. The predicted octanol–water partition coefficient (Wildman–Crippen LogP) is 4.88. The van der Waals surface area contributed by atoms with E-state index >= 15 is 0 Å². The Labute approximate surface area is 154 Å². The van der Waals surface area contributed by atoms with Crippen molar-refractivity contribution in [3.8, 4) is 0 Å². The first-order valence-corrected chi connectivity index (χ1v) is 8.86. The van der Waals surface area contributed by atoms with Crippen molar-refractivity contribution >= 4 is 38.8 Å². The minimum atomic E-state index is -0.246. The Morgan fingerprint density at radius 1 is 1.15 bits per heavy atom. The highest BCUT2D eigenvalue weighted by Gasteiger charge is 2.21. The Kier molecular flexibility index (Phi) is 4.33. The molecule has 128 valence electrons. The lowest BCUT2D eigenvalue weighted by Crippen LogP contribution is -2.25. The smallest absolute Gasteiger partial charge is 0.280 e. The van der Waals surface area contributed by atoms with Gasteiger partial charge in [-0.1, -0.05) is 35.6 Å². The van der Waals surface area contributed by atoms with Gasteiger partial charge in [0.1, 0.15) is 5.76 Å². The largest absolute Gasteiger partial charge is 0.463 e. The van der Waals surface area contributed by atoms with Gasteiger partial charge in [-0.05, 0) is 48.9 Å². The van der Waals surface area contributed by atoms with Gasteiger partial charge in [-0.25, -0.2) is 4.98 Å². The highest BCUT2D eigenvalue weighted by atomic mass is 32.1. The third-order valence-corrected chi connectivity index (χ3v) is 4.76. The van der Waals surface area contributed by atoms with Gasteiger partial charge in [0, 0.05) is 5.56 Å². The zero-order valence-corrected chi connectivity index (χ0v) is 14.8. The van der Waals surface area contributed by atoms with E-state index in [0.717, 1.165) is 15.8 Å². The van der Waals surface area contributed by atoms with E-state index in [0.29, 0.717) is 16.5 Å². The number of carbonyl (C=O) groups is 1. The lowest BCUT2D eigenvalue weighted by Gasteiger charge is -2.13. The summed E-state index contributed by atoms with van der Waals surface area (Å²) in [5.41, 5.74) is 2.53. The van der Waals surface area contributed by atoms with Crippen molar-refractivity contribution in [3.63, 3.8) is 0 Å². The van der Waals surface area contributed by atoms with Crippen LogP contribution >= 0.6 is 11.3 Å². The molecule has 0 spiro atoms. The Balaban J connectivity index is 1.77. The molecular formula is C20H15N3O2S. The topological polar surface area (TPSA) is 58.7 Å². The summed E-state index contributed by atoms with van der Waals surface area (Å²) in [5.74, 6) is 0.317. The predicted molar refractivity (Wildman–Crippen MR) is 104 cm³/mol. The number of rotatable bonds is 4. The van der Waals surface area contributed by atoms with E-state index in [9.17, 15) is 4.79 Å². The molecule has 0 fully saturated rings. The van der Waals surface area contributed by atoms with Gasteiger partial charge in [0.25, 0.3) is 5.91 Å². The van der Waals surface area contributed by atoms with Crippen LogP contribution in [0.5, 0.6) is 0 Å². The van der Waals surface area contributed by atoms with Gasteiger partial charge in [-0.3, -0.25) is 4.79 Å². The first-order valence-electron chi connectivity index (χ1n) is 8.05. The van der Waals surface area contributed by atoms with Crippen LogP contribution in [0, 0.1) is 6.92 Å². The minimum Gasteiger partial charge on any atom is -0.463 e. The summed E-state index contributed by atoms with van der Waals surface area (Å²) in [4.78, 5) is 17.6. The summed E-state index contributed by atoms with van der Waals surface area (Å²) < 4.78 is 6.29. The van der Waals surface area contributed by atoms with Gasteiger partial charge in [0.15, 0.2) is 0 Å². The van der Waals surface area contributed by atoms with E-state index in [1.807, 2.05) is 37.3 Å². The van der Waals surface area contributed by atoms with Crippen molar-refractivity contribution in [1.82, 2.24) is 4.98 Å². The molecule has 0 atom stereocenters. The fourth-order valence-corrected chi connectivity index (χ4v) is 3.50. The lowest BCUT2D eigenvalue weighted by molar-refractivity contribution is 0.0988. The second-order valence-corrected chi connectivity index (χ2v) is 6.72. The fraction of sp³-hybridized carbons (Fsp3) is 0.0500. The normalized spacial score (nSPS) is 11.3. The Hall–Kier alpha value is -3.25. The number of carbonyl (C=O) groups excluding carboxylic acids is 1. The summed E-state index contributed by atoms with van der Waals surface area (Å²) in [6, 6.07) is 18.6. The Morgan fingerprint density at radius 2 is 2.00 bits per heavy atom. The van der Waals surface area contributed by atoms with Crippen molar-refractivity contribution < 1.29 is 9.21 Å². The standard InChI is InChI=1S/C20H15N3O2S/c1-14-9-10-17-18(12-14)26-20(22-17)23(21-13-16-8-5-11-25-16)19(24)15-6-3-2-4-7-15/h2-13H,1H3/b21-13+. The fourth-order valence-electron chi connectivity index (χ4n) is 2.48. The first-order chi connectivity index (χ1) is 12.7. The number of thiazole rings is 1. The van der Waals surface area contributed by atoms with Crippen LogP contribution in [-0.4, -0.2) is 17.1 Å². The molecule has 0 unspecified atom stereocenters. The molecule has 6 heteroatoms. The number of anilines is 1. The third-order valence-electron chi connectivity index (χ3n) is 3.77. The number of hydrazone groups is 1. The average molecular weight is 361 g/mol. The second kappa shape index (κ2) is 6.93. The van der Waals surface area contributed by atoms with Crippen LogP contribution in [0.1, 0.15) is 21.7 Å². The summed E-state index contributed by atoms with van der Waals surface area (Å²) in [6.45, 7) is 2.03. The number of aromatic nitrogens is 1. The maximum atomic E-state index is 13.0. The molecule has 0 N–H and O–H groups in total. The number of aryl methyl sites for hydroxylation is 1. The molecule has 0 saturated heterocycles. The average Bonchev–Trinajstić information content (AvgIpc) is 3.31. The highest BCUT2D eigenvalue weighted by molar-refractivity contribution is 7.22. The monoisotopic (exact) mass is 361 g/mol. The van der Waals surface area contributed by atoms with Gasteiger partial charge in [-0.2, -0.15) is 10.1 Å². The minimum absolute atomic E-state index is 0.246. The molecule has 0 aliphatic rings. The molecule has 1 amide bonds. The number of amides is 1. The van der Waals surface area contributed by atoms with Gasteiger partial charge >= 0.3 is 0 Å². The van der Waals surface area contributed by atoms with Crippen molar-refractivity contribution in [2.45, 2.75) is 6.92 Å². The summed E-state index contributed by atoms with van der Waals surface area (Å²) >= 11 is 1.43. The Morgan fingerprint density at radius 3 is 2.77 bits per heavy atom. The van der Waals surface area contributed by atoms with Gasteiger partial charge in [0.05, 0.1) is 22.7 Å². The van der Waals surface area contributed by atoms with Crippen LogP contribution in [0.2, 0.25) is 0 Å². The van der Waals surface area contributed by atoms with Gasteiger partial charge < -0.3 is 4.42 Å². The molecule has 2 aromatic heterocycles. The Bertz CT molecular complexity index is 1070. The summed E-state index contributed by atoms with van der Waals surface area (Å²) in [7, 11) is 0. The highest BCUT2D eigenvalue weighted by Crippen LogP contribution is 2.30. The zero-order chi connectivity index (χ0) is 17.9. The quantitative estimate of drug-likeness (QED) is 0.384. The maximum Gasteiger partial charge on any atom is 0.280 e. The molecule has 4 rings (SSSR count). The van der Waals surface area contributed by atoms with Crippen molar-refractivity contribution in [2.75, 3.05) is 5.01 Å². The molecule has 5 nitrogen and oxygen atoms in total. The molecule has 0 saturated carbocycles. The van der Waals surface area contributed by atoms with Crippen LogP contribution in [0.15, 0.2) is 76.4 Å². The SMILES string of the molecule is Cc1ccc2nc(N(/N=C/c3ccco3)C(=O)c3ccccc3)sc2c1. The second-order valence-electron chi connectivity index (χ2n) is 5.71. The molecule has 0 radical (unpaired) electrons. The van der Waals surface area contributed by atoms with Crippen molar-refractivity contribution in [2.24, 2.45) is 5.10 Å². The third kappa shape index (κ3) is 3.27. The molecule has 2 heterocycles. The molecular weight excluding hydrogens is 346 g/mol. The first kappa shape index (κ1) is 16.2. The number of nitrogens with zero attached hydrogens (tertiary/aromatic N) is 3. The molecule has 4 aromatic rings. The van der Waals surface area contributed by atoms with Crippen LogP contribution < -0.4 is 5.01 Å². The van der Waals surface area contributed by atoms with E-state index in [1.165, 1.54) is 22.6 Å². The van der Waals surface area contributed by atoms with E-state index < -0.39 is 0 Å². The van der Waals surface area contributed by atoms with E-state index in [-0.39, 0.29) is 5.91 Å². The summed E-state index contributed by atoms with van der Waals surface area (Å²) in [6.07, 6.45) is 3.07. The lowest BCUT2D eigenvalue weighted by atomic mass is 10.2. The number of fused-ring (bicyclic) bond motifs is 1. The maximum absolute atomic E-state index is 13.0. The molecule has 0 aliphatic heterocycles. The number of hydrogen-bond donors (Lipinski definition) is 0.